The number of benzene rings is 1. The molecule has 0 unspecified atom stereocenters. The van der Waals surface area contributed by atoms with Crippen molar-refractivity contribution >= 4 is 33.4 Å². The predicted molar refractivity (Wildman–Crippen MR) is 83.0 cm³/mol. The number of carbonyl (C=O) groups excluding carboxylic acids is 1. The summed E-state index contributed by atoms with van der Waals surface area (Å²) in [5, 5.41) is 3.66. The summed E-state index contributed by atoms with van der Waals surface area (Å²) in [4.78, 5) is 12.3. The van der Waals surface area contributed by atoms with Crippen molar-refractivity contribution in [2.24, 2.45) is 5.92 Å². The van der Waals surface area contributed by atoms with Crippen molar-refractivity contribution in [1.82, 2.24) is 5.32 Å². The van der Waals surface area contributed by atoms with Gasteiger partial charge in [-0.25, -0.2) is 4.39 Å². The third-order valence-electron chi connectivity index (χ3n) is 4.06. The molecule has 110 valence electrons. The lowest BCUT2D eigenvalue weighted by molar-refractivity contribution is 0.0870. The molecular formula is C15H18BrClFNO. The van der Waals surface area contributed by atoms with Crippen molar-refractivity contribution in [1.29, 1.82) is 0 Å². The number of amides is 1. The Morgan fingerprint density at radius 2 is 2.15 bits per heavy atom. The first-order chi connectivity index (χ1) is 9.47. The molecule has 1 fully saturated rings. The van der Waals surface area contributed by atoms with Crippen LogP contribution in [0.1, 0.15) is 43.0 Å². The standard InChI is InChI=1S/C15H18BrClFNO/c1-10-5-7-15(9-16,8-6-10)19-14(20)11-3-2-4-12(17)13(11)18/h2-4,10H,5-9H2,1H3,(H,19,20). The molecule has 1 saturated carbocycles. The molecule has 0 radical (unpaired) electrons. The number of alkyl halides is 1. The highest BCUT2D eigenvalue weighted by Crippen LogP contribution is 2.33. The molecule has 1 aliphatic carbocycles. The van der Waals surface area contributed by atoms with Gasteiger partial charge in [-0.15, -0.1) is 0 Å². The van der Waals surface area contributed by atoms with Crippen molar-refractivity contribution < 1.29 is 9.18 Å². The summed E-state index contributed by atoms with van der Waals surface area (Å²) in [6, 6.07) is 4.49. The molecule has 0 spiro atoms. The molecule has 20 heavy (non-hydrogen) atoms. The third-order valence-corrected chi connectivity index (χ3v) is 5.43. The molecule has 1 aromatic carbocycles. The largest absolute Gasteiger partial charge is 0.346 e. The van der Waals surface area contributed by atoms with Crippen LogP contribution in [0.3, 0.4) is 0 Å². The average molecular weight is 363 g/mol. The van der Waals surface area contributed by atoms with Gasteiger partial charge in [0.25, 0.3) is 5.91 Å². The van der Waals surface area contributed by atoms with Crippen molar-refractivity contribution in [3.8, 4) is 0 Å². The molecule has 0 atom stereocenters. The van der Waals surface area contributed by atoms with Crippen LogP contribution < -0.4 is 5.32 Å². The summed E-state index contributed by atoms with van der Waals surface area (Å²) in [6.45, 7) is 2.22. The summed E-state index contributed by atoms with van der Waals surface area (Å²) >= 11 is 9.21. The SMILES string of the molecule is CC1CCC(CBr)(NC(=O)c2cccc(Cl)c2F)CC1. The minimum atomic E-state index is -0.652. The molecule has 1 amide bonds. The van der Waals surface area contributed by atoms with Gasteiger partial charge in [0.1, 0.15) is 0 Å². The highest BCUT2D eigenvalue weighted by molar-refractivity contribution is 9.09. The zero-order valence-corrected chi connectivity index (χ0v) is 13.7. The highest BCUT2D eigenvalue weighted by Gasteiger charge is 2.35. The van der Waals surface area contributed by atoms with E-state index >= 15 is 0 Å². The molecule has 2 nitrogen and oxygen atoms in total. The van der Waals surface area contributed by atoms with Crippen LogP contribution in [0.2, 0.25) is 5.02 Å². The Kier molecular flexibility index (Phi) is 5.08. The predicted octanol–water partition coefficient (Wildman–Crippen LogP) is 4.55. The summed E-state index contributed by atoms with van der Waals surface area (Å²) in [5.74, 6) is -0.360. The molecule has 0 saturated heterocycles. The summed E-state index contributed by atoms with van der Waals surface area (Å²) < 4.78 is 13.9. The van der Waals surface area contributed by atoms with Crippen LogP contribution >= 0.6 is 27.5 Å². The molecule has 5 heteroatoms. The van der Waals surface area contributed by atoms with Gasteiger partial charge in [0.05, 0.1) is 16.1 Å². The van der Waals surface area contributed by atoms with Gasteiger partial charge in [0.15, 0.2) is 5.82 Å². The lowest BCUT2D eigenvalue weighted by Crippen LogP contribution is -2.52. The van der Waals surface area contributed by atoms with Gasteiger partial charge in [-0.3, -0.25) is 4.79 Å². The molecular weight excluding hydrogens is 345 g/mol. The van der Waals surface area contributed by atoms with Crippen LogP contribution in [0.25, 0.3) is 0 Å². The van der Waals surface area contributed by atoms with E-state index in [1.165, 1.54) is 12.1 Å². The monoisotopic (exact) mass is 361 g/mol. The van der Waals surface area contributed by atoms with E-state index in [2.05, 4.69) is 28.2 Å². The second-order valence-electron chi connectivity index (χ2n) is 5.65. The Labute approximate surface area is 132 Å². The van der Waals surface area contributed by atoms with E-state index in [9.17, 15) is 9.18 Å². The van der Waals surface area contributed by atoms with Gasteiger partial charge in [0, 0.05) is 5.33 Å². The van der Waals surface area contributed by atoms with E-state index in [4.69, 9.17) is 11.6 Å². The maximum absolute atomic E-state index is 13.9. The zero-order valence-electron chi connectivity index (χ0n) is 11.4. The van der Waals surface area contributed by atoms with E-state index in [1.807, 2.05) is 0 Å². The van der Waals surface area contributed by atoms with Gasteiger partial charge in [-0.05, 0) is 43.7 Å². The lowest BCUT2D eigenvalue weighted by Gasteiger charge is -2.39. The Balaban J connectivity index is 2.15. The average Bonchev–Trinajstić information content (AvgIpc) is 2.44. The lowest BCUT2D eigenvalue weighted by atomic mass is 9.78. The molecule has 0 heterocycles. The first-order valence-electron chi connectivity index (χ1n) is 6.80. The minimum absolute atomic E-state index is 0.0106. The van der Waals surface area contributed by atoms with Crippen LogP contribution in [-0.2, 0) is 0 Å². The summed E-state index contributed by atoms with van der Waals surface area (Å²) in [6.07, 6.45) is 3.97. The van der Waals surface area contributed by atoms with Gasteiger partial charge >= 0.3 is 0 Å². The second kappa shape index (κ2) is 6.44. The van der Waals surface area contributed by atoms with Crippen LogP contribution in [0.4, 0.5) is 4.39 Å². The molecule has 1 N–H and O–H groups in total. The maximum Gasteiger partial charge on any atom is 0.254 e. The van der Waals surface area contributed by atoms with Crippen molar-refractivity contribution in [3.05, 3.63) is 34.6 Å². The van der Waals surface area contributed by atoms with Crippen LogP contribution in [0, 0.1) is 11.7 Å². The Morgan fingerprint density at radius 3 is 2.75 bits per heavy atom. The number of nitrogens with one attached hydrogen (secondary N) is 1. The van der Waals surface area contributed by atoms with Gasteiger partial charge in [-0.2, -0.15) is 0 Å². The maximum atomic E-state index is 13.9. The molecule has 2 rings (SSSR count). The van der Waals surface area contributed by atoms with Crippen LogP contribution in [0.15, 0.2) is 18.2 Å². The van der Waals surface area contributed by atoms with E-state index in [-0.39, 0.29) is 22.0 Å². The molecule has 1 aliphatic rings. The smallest absolute Gasteiger partial charge is 0.254 e. The second-order valence-corrected chi connectivity index (χ2v) is 6.62. The Bertz CT molecular complexity index is 501. The summed E-state index contributed by atoms with van der Waals surface area (Å²) in [7, 11) is 0. The topological polar surface area (TPSA) is 29.1 Å². The number of carbonyl (C=O) groups is 1. The number of hydrogen-bond donors (Lipinski definition) is 1. The van der Waals surface area contributed by atoms with E-state index in [1.54, 1.807) is 6.07 Å². The van der Waals surface area contributed by atoms with E-state index in [0.29, 0.717) is 11.2 Å². The molecule has 0 aliphatic heterocycles. The van der Waals surface area contributed by atoms with Crippen molar-refractivity contribution in [2.45, 2.75) is 38.1 Å². The number of halogens is 3. The van der Waals surface area contributed by atoms with Gasteiger partial charge in [0.2, 0.25) is 0 Å². The van der Waals surface area contributed by atoms with Gasteiger partial charge in [-0.1, -0.05) is 40.5 Å². The normalized spacial score (nSPS) is 26.3. The Hall–Kier alpha value is -0.610. The fourth-order valence-corrected chi connectivity index (χ4v) is 3.47. The van der Waals surface area contributed by atoms with Crippen LogP contribution in [0.5, 0.6) is 0 Å². The Morgan fingerprint density at radius 1 is 1.50 bits per heavy atom. The fourth-order valence-electron chi connectivity index (χ4n) is 2.59. The first-order valence-corrected chi connectivity index (χ1v) is 8.30. The molecule has 0 bridgehead atoms. The minimum Gasteiger partial charge on any atom is -0.346 e. The molecule has 0 aromatic heterocycles. The fraction of sp³-hybridized carbons (Fsp3) is 0.533. The first kappa shape index (κ1) is 15.8. The van der Waals surface area contributed by atoms with Crippen molar-refractivity contribution in [3.63, 3.8) is 0 Å². The van der Waals surface area contributed by atoms with Crippen LogP contribution in [-0.4, -0.2) is 16.8 Å². The van der Waals surface area contributed by atoms with Crippen molar-refractivity contribution in [2.75, 3.05) is 5.33 Å². The number of hydrogen-bond acceptors (Lipinski definition) is 1. The van der Waals surface area contributed by atoms with E-state index in [0.717, 1.165) is 25.7 Å². The summed E-state index contributed by atoms with van der Waals surface area (Å²) in [5.41, 5.74) is -0.269. The zero-order chi connectivity index (χ0) is 14.8. The molecule has 1 aromatic rings. The third kappa shape index (κ3) is 3.34. The van der Waals surface area contributed by atoms with E-state index < -0.39 is 5.82 Å². The quantitative estimate of drug-likeness (QED) is 0.785. The van der Waals surface area contributed by atoms with Gasteiger partial charge < -0.3 is 5.32 Å². The number of rotatable bonds is 3. The highest BCUT2D eigenvalue weighted by atomic mass is 79.9.